The number of nitrogens with one attached hydrogen (secondary N) is 1. The number of ether oxygens (including phenoxy) is 3. The maximum absolute atomic E-state index is 5.64. The largest absolute Gasteiger partial charge is 0.486 e. The molecule has 1 fully saturated rings. The zero-order valence-corrected chi connectivity index (χ0v) is 12.2. The summed E-state index contributed by atoms with van der Waals surface area (Å²) in [5.74, 6) is 1.72. The average Bonchev–Trinajstić information content (AvgIpc) is 2.44. The molecule has 1 unspecified atom stereocenters. The van der Waals surface area contributed by atoms with Crippen molar-refractivity contribution in [1.82, 2.24) is 5.32 Å². The van der Waals surface area contributed by atoms with Gasteiger partial charge in [0.05, 0.1) is 6.10 Å². The van der Waals surface area contributed by atoms with Gasteiger partial charge in [-0.15, -0.1) is 0 Å². The summed E-state index contributed by atoms with van der Waals surface area (Å²) < 4.78 is 16.8. The van der Waals surface area contributed by atoms with Crippen LogP contribution in [-0.2, 0) is 4.74 Å². The zero-order chi connectivity index (χ0) is 13.9. The third-order valence-corrected chi connectivity index (χ3v) is 4.05. The molecule has 20 heavy (non-hydrogen) atoms. The standard InChI is InChI=1S/C16H23NO3/c1-3-18-14-9-13(10-14)17-11(2)12-4-5-15-16(8-12)20-7-6-19-15/h4-5,8,11,13-14,17H,3,6-7,9-10H2,1-2H3. The molecular formula is C16H23NO3. The molecule has 0 amide bonds. The van der Waals surface area contributed by atoms with E-state index in [0.29, 0.717) is 31.4 Å². The van der Waals surface area contributed by atoms with Crippen molar-refractivity contribution < 1.29 is 14.2 Å². The lowest BCUT2D eigenvalue weighted by Crippen LogP contribution is -2.46. The van der Waals surface area contributed by atoms with Crippen molar-refractivity contribution in [1.29, 1.82) is 0 Å². The molecule has 1 aromatic carbocycles. The molecule has 1 saturated carbocycles. The first-order valence-electron chi connectivity index (χ1n) is 7.53. The summed E-state index contributed by atoms with van der Waals surface area (Å²) in [5.41, 5.74) is 1.24. The minimum Gasteiger partial charge on any atom is -0.486 e. The molecule has 1 aliphatic heterocycles. The van der Waals surface area contributed by atoms with E-state index in [2.05, 4.69) is 31.3 Å². The summed E-state index contributed by atoms with van der Waals surface area (Å²) in [6.07, 6.45) is 2.68. The minimum absolute atomic E-state index is 0.318. The maximum atomic E-state index is 5.64. The Kier molecular flexibility index (Phi) is 4.13. The predicted octanol–water partition coefficient (Wildman–Crippen LogP) is 2.68. The summed E-state index contributed by atoms with van der Waals surface area (Å²) in [7, 11) is 0. The molecule has 110 valence electrons. The van der Waals surface area contributed by atoms with Crippen LogP contribution < -0.4 is 14.8 Å². The zero-order valence-electron chi connectivity index (χ0n) is 12.2. The third-order valence-electron chi connectivity index (χ3n) is 4.05. The number of benzene rings is 1. The lowest BCUT2D eigenvalue weighted by Gasteiger charge is -2.37. The van der Waals surface area contributed by atoms with E-state index < -0.39 is 0 Å². The minimum atomic E-state index is 0.318. The third kappa shape index (κ3) is 2.91. The van der Waals surface area contributed by atoms with Crippen LogP contribution >= 0.6 is 0 Å². The Morgan fingerprint density at radius 1 is 1.25 bits per heavy atom. The summed E-state index contributed by atoms with van der Waals surface area (Å²) >= 11 is 0. The average molecular weight is 277 g/mol. The van der Waals surface area contributed by atoms with Crippen molar-refractivity contribution in [2.45, 2.75) is 44.9 Å². The molecule has 0 aromatic heterocycles. The monoisotopic (exact) mass is 277 g/mol. The Morgan fingerprint density at radius 2 is 2.00 bits per heavy atom. The first kappa shape index (κ1) is 13.7. The van der Waals surface area contributed by atoms with E-state index in [4.69, 9.17) is 14.2 Å². The molecule has 1 aliphatic carbocycles. The number of hydrogen-bond donors (Lipinski definition) is 1. The quantitative estimate of drug-likeness (QED) is 0.898. The Labute approximate surface area is 120 Å². The topological polar surface area (TPSA) is 39.7 Å². The molecule has 0 radical (unpaired) electrons. The second-order valence-corrected chi connectivity index (χ2v) is 5.54. The van der Waals surface area contributed by atoms with Crippen LogP contribution in [0, 0.1) is 0 Å². The fourth-order valence-electron chi connectivity index (χ4n) is 2.85. The van der Waals surface area contributed by atoms with E-state index in [-0.39, 0.29) is 0 Å². The molecule has 1 atom stereocenters. The van der Waals surface area contributed by atoms with Crippen molar-refractivity contribution in [3.05, 3.63) is 23.8 Å². The van der Waals surface area contributed by atoms with Gasteiger partial charge in [0.2, 0.25) is 0 Å². The van der Waals surface area contributed by atoms with E-state index >= 15 is 0 Å². The van der Waals surface area contributed by atoms with Gasteiger partial charge in [0.15, 0.2) is 11.5 Å². The highest BCUT2D eigenvalue weighted by atomic mass is 16.6. The van der Waals surface area contributed by atoms with E-state index in [1.54, 1.807) is 0 Å². The van der Waals surface area contributed by atoms with Crippen molar-refractivity contribution in [2.24, 2.45) is 0 Å². The normalized spacial score (nSPS) is 25.9. The Bertz CT molecular complexity index is 457. The van der Waals surface area contributed by atoms with Crippen molar-refractivity contribution in [3.63, 3.8) is 0 Å². The summed E-state index contributed by atoms with van der Waals surface area (Å²) in [6.45, 7) is 6.34. The van der Waals surface area contributed by atoms with Crippen LogP contribution in [0.1, 0.15) is 38.3 Å². The van der Waals surface area contributed by atoms with Crippen molar-refractivity contribution in [2.75, 3.05) is 19.8 Å². The van der Waals surface area contributed by atoms with Gasteiger partial charge in [-0.1, -0.05) is 6.07 Å². The Morgan fingerprint density at radius 3 is 2.75 bits per heavy atom. The highest BCUT2D eigenvalue weighted by molar-refractivity contribution is 5.44. The van der Waals surface area contributed by atoms with Crippen LogP contribution in [-0.4, -0.2) is 32.0 Å². The van der Waals surface area contributed by atoms with Crippen LogP contribution in [0.15, 0.2) is 18.2 Å². The van der Waals surface area contributed by atoms with Crippen molar-refractivity contribution >= 4 is 0 Å². The van der Waals surface area contributed by atoms with E-state index in [1.807, 2.05) is 6.07 Å². The van der Waals surface area contributed by atoms with Crippen LogP contribution in [0.5, 0.6) is 11.5 Å². The highest BCUT2D eigenvalue weighted by Gasteiger charge is 2.30. The lowest BCUT2D eigenvalue weighted by atomic mass is 9.88. The van der Waals surface area contributed by atoms with Gasteiger partial charge in [0.1, 0.15) is 13.2 Å². The molecule has 3 rings (SSSR count). The maximum Gasteiger partial charge on any atom is 0.161 e. The summed E-state index contributed by atoms with van der Waals surface area (Å²) in [6, 6.07) is 7.09. The van der Waals surface area contributed by atoms with Crippen LogP contribution in [0.2, 0.25) is 0 Å². The highest BCUT2D eigenvalue weighted by Crippen LogP contribution is 2.33. The lowest BCUT2D eigenvalue weighted by molar-refractivity contribution is -0.0120. The van der Waals surface area contributed by atoms with Crippen LogP contribution in [0.25, 0.3) is 0 Å². The van der Waals surface area contributed by atoms with Gasteiger partial charge < -0.3 is 19.5 Å². The molecule has 1 heterocycles. The van der Waals surface area contributed by atoms with Gasteiger partial charge in [-0.2, -0.15) is 0 Å². The SMILES string of the molecule is CCOC1CC(NC(C)c2ccc3c(c2)OCCO3)C1. The summed E-state index contributed by atoms with van der Waals surface area (Å²) in [5, 5.41) is 3.65. The Hall–Kier alpha value is -1.26. The van der Waals surface area contributed by atoms with E-state index in [9.17, 15) is 0 Å². The fraction of sp³-hybridized carbons (Fsp3) is 0.625. The van der Waals surface area contributed by atoms with Gasteiger partial charge in [-0.05, 0) is 44.4 Å². The Balaban J connectivity index is 1.56. The molecule has 4 heteroatoms. The van der Waals surface area contributed by atoms with Crippen LogP contribution in [0.4, 0.5) is 0 Å². The second-order valence-electron chi connectivity index (χ2n) is 5.54. The first-order chi connectivity index (χ1) is 9.76. The van der Waals surface area contributed by atoms with Gasteiger partial charge in [0.25, 0.3) is 0 Å². The fourth-order valence-corrected chi connectivity index (χ4v) is 2.85. The van der Waals surface area contributed by atoms with Crippen molar-refractivity contribution in [3.8, 4) is 11.5 Å². The molecule has 0 spiro atoms. The molecule has 2 aliphatic rings. The van der Waals surface area contributed by atoms with E-state index in [1.165, 1.54) is 5.56 Å². The van der Waals surface area contributed by atoms with Crippen LogP contribution in [0.3, 0.4) is 0 Å². The number of rotatable bonds is 5. The predicted molar refractivity (Wildman–Crippen MR) is 77.4 cm³/mol. The van der Waals surface area contributed by atoms with E-state index in [0.717, 1.165) is 30.9 Å². The van der Waals surface area contributed by atoms with Gasteiger partial charge in [-0.25, -0.2) is 0 Å². The second kappa shape index (κ2) is 6.02. The first-order valence-corrected chi connectivity index (χ1v) is 7.53. The molecule has 4 nitrogen and oxygen atoms in total. The molecular weight excluding hydrogens is 254 g/mol. The molecule has 1 N–H and O–H groups in total. The number of fused-ring (bicyclic) bond motifs is 1. The molecule has 0 bridgehead atoms. The van der Waals surface area contributed by atoms with Gasteiger partial charge in [-0.3, -0.25) is 0 Å². The molecule has 0 saturated heterocycles. The summed E-state index contributed by atoms with van der Waals surface area (Å²) in [4.78, 5) is 0. The van der Waals surface area contributed by atoms with Gasteiger partial charge in [0, 0.05) is 18.7 Å². The number of hydrogen-bond acceptors (Lipinski definition) is 4. The van der Waals surface area contributed by atoms with Gasteiger partial charge >= 0.3 is 0 Å². The smallest absolute Gasteiger partial charge is 0.161 e. The molecule has 1 aromatic rings.